The first-order valence-corrected chi connectivity index (χ1v) is 5.38. The van der Waals surface area contributed by atoms with Gasteiger partial charge in [-0.25, -0.2) is 5.10 Å². The van der Waals surface area contributed by atoms with Crippen LogP contribution in [0.15, 0.2) is 29.1 Å². The molecule has 2 aromatic rings. The number of carbonyl (C=O) groups is 1. The Bertz CT molecular complexity index is 697. The second-order valence-corrected chi connectivity index (χ2v) is 3.81. The highest BCUT2D eigenvalue weighted by molar-refractivity contribution is 6.04. The fourth-order valence-corrected chi connectivity index (χ4v) is 1.59. The van der Waals surface area contributed by atoms with Crippen molar-refractivity contribution >= 4 is 16.7 Å². The third-order valence-electron chi connectivity index (χ3n) is 2.51. The lowest BCUT2D eigenvalue weighted by molar-refractivity contribution is 0.0944. The molecule has 5 nitrogen and oxygen atoms in total. The number of carbonyl (C=O) groups excluding carboxylic acids is 1. The van der Waals surface area contributed by atoms with Crippen LogP contribution in [0.4, 0.5) is 0 Å². The van der Waals surface area contributed by atoms with Crippen molar-refractivity contribution in [2.75, 3.05) is 0 Å². The van der Waals surface area contributed by atoms with Crippen molar-refractivity contribution in [3.8, 4) is 12.3 Å². The van der Waals surface area contributed by atoms with Crippen LogP contribution in [0.1, 0.15) is 17.4 Å². The van der Waals surface area contributed by atoms with Gasteiger partial charge in [0.25, 0.3) is 11.5 Å². The summed E-state index contributed by atoms with van der Waals surface area (Å²) in [6.45, 7) is 1.69. The van der Waals surface area contributed by atoms with Crippen LogP contribution in [0.25, 0.3) is 10.8 Å². The molecular formula is C13H11N3O2. The van der Waals surface area contributed by atoms with Crippen LogP contribution >= 0.6 is 0 Å². The average Bonchev–Trinajstić information content (AvgIpc) is 2.39. The summed E-state index contributed by atoms with van der Waals surface area (Å²) < 4.78 is 0. The summed E-state index contributed by atoms with van der Waals surface area (Å²) in [4.78, 5) is 23.5. The molecule has 1 amide bonds. The predicted molar refractivity (Wildman–Crippen MR) is 68.1 cm³/mol. The Balaban J connectivity index is 2.53. The number of benzene rings is 1. The van der Waals surface area contributed by atoms with Crippen molar-refractivity contribution in [1.82, 2.24) is 15.5 Å². The first kappa shape index (κ1) is 11.9. The minimum absolute atomic E-state index is 0.160. The molecule has 2 N–H and O–H groups in total. The van der Waals surface area contributed by atoms with Crippen LogP contribution in [0, 0.1) is 12.3 Å². The lowest BCUT2D eigenvalue weighted by Crippen LogP contribution is -2.33. The van der Waals surface area contributed by atoms with E-state index in [1.165, 1.54) is 0 Å². The standard InChI is InChI=1S/C13H11N3O2/c1-3-8(2)14-13(18)11-9-6-4-5-7-10(9)12(17)16-15-11/h1,4-8H,2H3,(H,14,18)(H,16,17). The second-order valence-electron chi connectivity index (χ2n) is 3.81. The number of nitrogens with zero attached hydrogens (tertiary/aromatic N) is 1. The SMILES string of the molecule is C#CC(C)NC(=O)c1n[nH]c(=O)c2ccccc12. The number of hydrogen-bond donors (Lipinski definition) is 2. The Morgan fingerprint density at radius 2 is 2.11 bits per heavy atom. The normalized spacial score (nSPS) is 11.8. The van der Waals surface area contributed by atoms with E-state index in [9.17, 15) is 9.59 Å². The van der Waals surface area contributed by atoms with Crippen molar-refractivity contribution in [2.45, 2.75) is 13.0 Å². The zero-order valence-corrected chi connectivity index (χ0v) is 9.73. The summed E-state index contributed by atoms with van der Waals surface area (Å²) in [6, 6.07) is 6.38. The van der Waals surface area contributed by atoms with Crippen molar-refractivity contribution in [3.63, 3.8) is 0 Å². The molecule has 0 saturated heterocycles. The Morgan fingerprint density at radius 3 is 2.78 bits per heavy atom. The quantitative estimate of drug-likeness (QED) is 0.759. The highest BCUT2D eigenvalue weighted by Gasteiger charge is 2.14. The van der Waals surface area contributed by atoms with Gasteiger partial charge in [0.15, 0.2) is 5.69 Å². The van der Waals surface area contributed by atoms with Crippen molar-refractivity contribution in [2.24, 2.45) is 0 Å². The van der Waals surface area contributed by atoms with Crippen molar-refractivity contribution in [1.29, 1.82) is 0 Å². The van der Waals surface area contributed by atoms with E-state index in [1.807, 2.05) is 0 Å². The maximum absolute atomic E-state index is 11.9. The molecule has 90 valence electrons. The van der Waals surface area contributed by atoms with Crippen LogP contribution < -0.4 is 10.9 Å². The van der Waals surface area contributed by atoms with Crippen molar-refractivity contribution in [3.05, 3.63) is 40.3 Å². The minimum Gasteiger partial charge on any atom is -0.337 e. The zero-order chi connectivity index (χ0) is 13.1. The Labute approximate surface area is 103 Å². The van der Waals surface area contributed by atoms with Gasteiger partial charge in [-0.15, -0.1) is 6.42 Å². The fraction of sp³-hybridized carbons (Fsp3) is 0.154. The molecule has 1 aromatic carbocycles. The molecule has 0 fully saturated rings. The molecule has 18 heavy (non-hydrogen) atoms. The Hall–Kier alpha value is -2.61. The van der Waals surface area contributed by atoms with Gasteiger partial charge in [-0.2, -0.15) is 5.10 Å². The summed E-state index contributed by atoms with van der Waals surface area (Å²) in [5.74, 6) is 1.98. The van der Waals surface area contributed by atoms with E-state index in [1.54, 1.807) is 31.2 Å². The summed E-state index contributed by atoms with van der Waals surface area (Å²) in [6.07, 6.45) is 5.19. The van der Waals surface area contributed by atoms with Crippen LogP contribution in [-0.2, 0) is 0 Å². The Morgan fingerprint density at radius 1 is 1.44 bits per heavy atom. The molecule has 0 aliphatic rings. The first-order chi connectivity index (χ1) is 8.63. The van der Waals surface area contributed by atoms with Crippen LogP contribution in [0.3, 0.4) is 0 Å². The topological polar surface area (TPSA) is 74.8 Å². The smallest absolute Gasteiger partial charge is 0.273 e. The van der Waals surface area contributed by atoms with Gasteiger partial charge >= 0.3 is 0 Å². The molecule has 1 heterocycles. The summed E-state index contributed by atoms with van der Waals surface area (Å²) in [5, 5.41) is 9.60. The third kappa shape index (κ3) is 2.09. The van der Waals surface area contributed by atoms with E-state index >= 15 is 0 Å². The van der Waals surface area contributed by atoms with E-state index < -0.39 is 11.9 Å². The van der Waals surface area contributed by atoms with E-state index in [0.29, 0.717) is 10.8 Å². The Kier molecular flexibility index (Phi) is 3.11. The molecule has 0 aliphatic carbocycles. The summed E-state index contributed by atoms with van der Waals surface area (Å²) >= 11 is 0. The maximum atomic E-state index is 11.9. The van der Waals surface area contributed by atoms with Gasteiger partial charge < -0.3 is 5.32 Å². The number of fused-ring (bicyclic) bond motifs is 1. The van der Waals surface area contributed by atoms with E-state index in [2.05, 4.69) is 21.4 Å². The molecule has 0 radical (unpaired) electrons. The molecule has 0 aliphatic heterocycles. The molecule has 0 bridgehead atoms. The van der Waals surface area contributed by atoms with Gasteiger partial charge in [0.2, 0.25) is 0 Å². The molecule has 1 atom stereocenters. The highest BCUT2D eigenvalue weighted by Crippen LogP contribution is 2.12. The number of hydrogen-bond acceptors (Lipinski definition) is 3. The lowest BCUT2D eigenvalue weighted by Gasteiger charge is -2.08. The monoisotopic (exact) mass is 241 g/mol. The van der Waals surface area contributed by atoms with Gasteiger partial charge in [0, 0.05) is 5.39 Å². The van der Waals surface area contributed by atoms with Crippen LogP contribution in [0.5, 0.6) is 0 Å². The predicted octanol–water partition coefficient (Wildman–Crippen LogP) is 0.675. The molecule has 0 spiro atoms. The van der Waals surface area contributed by atoms with Gasteiger partial charge in [-0.3, -0.25) is 9.59 Å². The van der Waals surface area contributed by atoms with E-state index in [-0.39, 0.29) is 11.3 Å². The lowest BCUT2D eigenvalue weighted by atomic mass is 10.1. The molecule has 1 aromatic heterocycles. The average molecular weight is 241 g/mol. The number of aromatic nitrogens is 2. The summed E-state index contributed by atoms with van der Waals surface area (Å²) in [7, 11) is 0. The van der Waals surface area contributed by atoms with Gasteiger partial charge in [-0.1, -0.05) is 24.1 Å². The van der Waals surface area contributed by atoms with E-state index in [0.717, 1.165) is 0 Å². The van der Waals surface area contributed by atoms with Crippen LogP contribution in [0.2, 0.25) is 0 Å². The van der Waals surface area contributed by atoms with Gasteiger partial charge in [-0.05, 0) is 13.0 Å². The third-order valence-corrected chi connectivity index (χ3v) is 2.51. The van der Waals surface area contributed by atoms with Gasteiger partial charge in [0.1, 0.15) is 0 Å². The minimum atomic E-state index is -0.409. The second kappa shape index (κ2) is 4.72. The number of rotatable bonds is 2. The largest absolute Gasteiger partial charge is 0.337 e. The molecule has 5 heteroatoms. The first-order valence-electron chi connectivity index (χ1n) is 5.38. The number of aromatic amines is 1. The molecule has 2 rings (SSSR count). The molecule has 0 saturated carbocycles. The number of H-pyrrole nitrogens is 1. The zero-order valence-electron chi connectivity index (χ0n) is 9.73. The maximum Gasteiger partial charge on any atom is 0.273 e. The van der Waals surface area contributed by atoms with Gasteiger partial charge in [0.05, 0.1) is 11.4 Å². The van der Waals surface area contributed by atoms with Crippen LogP contribution in [-0.4, -0.2) is 22.1 Å². The van der Waals surface area contributed by atoms with Crippen molar-refractivity contribution < 1.29 is 4.79 Å². The number of terminal acetylenes is 1. The molecular weight excluding hydrogens is 230 g/mol. The number of amides is 1. The molecule has 1 unspecified atom stereocenters. The summed E-state index contributed by atoms with van der Waals surface area (Å²) in [5.41, 5.74) is -0.167. The highest BCUT2D eigenvalue weighted by atomic mass is 16.2. The number of nitrogens with one attached hydrogen (secondary N) is 2. The fourth-order valence-electron chi connectivity index (χ4n) is 1.59. The van der Waals surface area contributed by atoms with E-state index in [4.69, 9.17) is 6.42 Å².